The van der Waals surface area contributed by atoms with Crippen LogP contribution < -0.4 is 5.32 Å². The Morgan fingerprint density at radius 3 is 2.55 bits per heavy atom. The van der Waals surface area contributed by atoms with Crippen LogP contribution in [0.2, 0.25) is 0 Å². The van der Waals surface area contributed by atoms with Crippen molar-refractivity contribution in [3.8, 4) is 0 Å². The minimum atomic E-state index is 0.00206. The molecule has 4 heteroatoms. The lowest BCUT2D eigenvalue weighted by molar-refractivity contribution is 0.0827. The van der Waals surface area contributed by atoms with Crippen LogP contribution in [-0.4, -0.2) is 24.9 Å². The van der Waals surface area contributed by atoms with Gasteiger partial charge in [-0.2, -0.15) is 0 Å². The summed E-state index contributed by atoms with van der Waals surface area (Å²) in [5, 5.41) is 3.33. The molecule has 106 valence electrons. The van der Waals surface area contributed by atoms with Crippen molar-refractivity contribution in [2.24, 2.45) is 0 Å². The number of carbonyl (C=O) groups excluding carboxylic acids is 1. The van der Waals surface area contributed by atoms with E-state index in [2.05, 4.69) is 5.32 Å². The third-order valence-corrected chi connectivity index (χ3v) is 3.30. The van der Waals surface area contributed by atoms with Crippen LogP contribution in [0.5, 0.6) is 0 Å². The van der Waals surface area contributed by atoms with Gasteiger partial charge in [-0.05, 0) is 43.2 Å². The van der Waals surface area contributed by atoms with Crippen LogP contribution in [0.1, 0.15) is 27.2 Å². The van der Waals surface area contributed by atoms with Gasteiger partial charge in [-0.1, -0.05) is 6.07 Å². The number of anilines is 1. The molecule has 20 heavy (non-hydrogen) atoms. The number of benzene rings is 1. The Balaban J connectivity index is 2.17. The van der Waals surface area contributed by atoms with Crippen molar-refractivity contribution < 1.29 is 9.21 Å². The maximum absolute atomic E-state index is 12.0. The van der Waals surface area contributed by atoms with Gasteiger partial charge in [0, 0.05) is 25.3 Å². The summed E-state index contributed by atoms with van der Waals surface area (Å²) in [7, 11) is 3.50. The fourth-order valence-corrected chi connectivity index (χ4v) is 1.96. The predicted molar refractivity (Wildman–Crippen MR) is 80.0 cm³/mol. The van der Waals surface area contributed by atoms with E-state index in [1.54, 1.807) is 25.3 Å². The summed E-state index contributed by atoms with van der Waals surface area (Å²) in [5.41, 5.74) is 3.85. The standard InChI is InChI=1S/C16H20N2O2/c1-11-5-6-13(16(19)18(3)4)9-14(11)17-10-15-12(2)7-8-20-15/h5-9,17H,10H2,1-4H3. The van der Waals surface area contributed by atoms with Crippen molar-refractivity contribution in [1.82, 2.24) is 4.90 Å². The Morgan fingerprint density at radius 2 is 1.95 bits per heavy atom. The van der Waals surface area contributed by atoms with Gasteiger partial charge in [-0.3, -0.25) is 4.79 Å². The quantitative estimate of drug-likeness (QED) is 0.929. The first kappa shape index (κ1) is 14.2. The fourth-order valence-electron chi connectivity index (χ4n) is 1.96. The van der Waals surface area contributed by atoms with E-state index in [1.807, 2.05) is 38.1 Å². The number of hydrogen-bond acceptors (Lipinski definition) is 3. The van der Waals surface area contributed by atoms with Crippen LogP contribution in [0.4, 0.5) is 5.69 Å². The first-order valence-corrected chi connectivity index (χ1v) is 6.58. The van der Waals surface area contributed by atoms with E-state index in [0.717, 1.165) is 22.6 Å². The largest absolute Gasteiger partial charge is 0.467 e. The van der Waals surface area contributed by atoms with Crippen molar-refractivity contribution in [3.05, 3.63) is 53.0 Å². The maximum Gasteiger partial charge on any atom is 0.253 e. The number of hydrogen-bond donors (Lipinski definition) is 1. The highest BCUT2D eigenvalue weighted by Crippen LogP contribution is 2.19. The number of furan rings is 1. The topological polar surface area (TPSA) is 45.5 Å². The third kappa shape index (κ3) is 3.02. The molecule has 0 aliphatic carbocycles. The van der Waals surface area contributed by atoms with E-state index in [0.29, 0.717) is 12.1 Å². The molecule has 1 N–H and O–H groups in total. The summed E-state index contributed by atoms with van der Waals surface area (Å²) in [4.78, 5) is 13.5. The van der Waals surface area contributed by atoms with E-state index in [4.69, 9.17) is 4.42 Å². The molecule has 0 unspecified atom stereocenters. The normalized spacial score (nSPS) is 10.4. The summed E-state index contributed by atoms with van der Waals surface area (Å²) in [6.07, 6.45) is 1.69. The molecule has 1 amide bonds. The molecule has 0 atom stereocenters. The molecule has 1 heterocycles. The van der Waals surface area contributed by atoms with Gasteiger partial charge in [0.25, 0.3) is 5.91 Å². The van der Waals surface area contributed by atoms with Gasteiger partial charge in [-0.15, -0.1) is 0 Å². The molecule has 0 spiro atoms. The van der Waals surface area contributed by atoms with Gasteiger partial charge in [-0.25, -0.2) is 0 Å². The first-order valence-electron chi connectivity index (χ1n) is 6.58. The van der Waals surface area contributed by atoms with Gasteiger partial charge >= 0.3 is 0 Å². The lowest BCUT2D eigenvalue weighted by Gasteiger charge is -2.14. The Hall–Kier alpha value is -2.23. The van der Waals surface area contributed by atoms with Crippen LogP contribution in [-0.2, 0) is 6.54 Å². The van der Waals surface area contributed by atoms with Crippen molar-refractivity contribution in [2.75, 3.05) is 19.4 Å². The summed E-state index contributed by atoms with van der Waals surface area (Å²) in [5.74, 6) is 0.913. The SMILES string of the molecule is Cc1ccc(C(=O)N(C)C)cc1NCc1occc1C. The molecule has 0 saturated heterocycles. The van der Waals surface area contributed by atoms with Gasteiger partial charge in [0.15, 0.2) is 0 Å². The van der Waals surface area contributed by atoms with Crippen molar-refractivity contribution >= 4 is 11.6 Å². The number of aryl methyl sites for hydroxylation is 2. The zero-order valence-electron chi connectivity index (χ0n) is 12.4. The average molecular weight is 272 g/mol. The van der Waals surface area contributed by atoms with Crippen LogP contribution in [0, 0.1) is 13.8 Å². The maximum atomic E-state index is 12.0. The highest BCUT2D eigenvalue weighted by molar-refractivity contribution is 5.95. The Morgan fingerprint density at radius 1 is 1.20 bits per heavy atom. The van der Waals surface area contributed by atoms with Crippen LogP contribution in [0.25, 0.3) is 0 Å². The summed E-state index contributed by atoms with van der Waals surface area (Å²) in [6, 6.07) is 7.63. The average Bonchev–Trinajstić information content (AvgIpc) is 2.82. The van der Waals surface area contributed by atoms with Gasteiger partial charge in [0.05, 0.1) is 12.8 Å². The second kappa shape index (κ2) is 5.82. The Kier molecular flexibility index (Phi) is 4.13. The zero-order valence-corrected chi connectivity index (χ0v) is 12.4. The highest BCUT2D eigenvalue weighted by Gasteiger charge is 2.10. The predicted octanol–water partition coefficient (Wildman–Crippen LogP) is 3.21. The molecule has 2 aromatic rings. The lowest BCUT2D eigenvalue weighted by atomic mass is 10.1. The summed E-state index contributed by atoms with van der Waals surface area (Å²) in [6.45, 7) is 4.64. The molecular formula is C16H20N2O2. The summed E-state index contributed by atoms with van der Waals surface area (Å²) >= 11 is 0. The number of rotatable bonds is 4. The minimum absolute atomic E-state index is 0.00206. The molecular weight excluding hydrogens is 252 g/mol. The first-order chi connectivity index (χ1) is 9.49. The Labute approximate surface area is 119 Å². The molecule has 4 nitrogen and oxygen atoms in total. The molecule has 2 rings (SSSR count). The second-order valence-electron chi connectivity index (χ2n) is 5.11. The van der Waals surface area contributed by atoms with Crippen LogP contribution in [0.15, 0.2) is 34.9 Å². The molecule has 0 bridgehead atoms. The van der Waals surface area contributed by atoms with E-state index in [9.17, 15) is 4.79 Å². The minimum Gasteiger partial charge on any atom is -0.467 e. The van der Waals surface area contributed by atoms with Crippen LogP contribution in [0.3, 0.4) is 0 Å². The lowest BCUT2D eigenvalue weighted by Crippen LogP contribution is -2.21. The third-order valence-electron chi connectivity index (χ3n) is 3.30. The van der Waals surface area contributed by atoms with Crippen molar-refractivity contribution in [1.29, 1.82) is 0 Å². The molecule has 0 saturated carbocycles. The smallest absolute Gasteiger partial charge is 0.253 e. The number of amides is 1. The van der Waals surface area contributed by atoms with Crippen molar-refractivity contribution in [3.63, 3.8) is 0 Å². The number of carbonyl (C=O) groups is 1. The van der Waals surface area contributed by atoms with Gasteiger partial charge in [0.1, 0.15) is 5.76 Å². The molecule has 1 aromatic carbocycles. The number of nitrogens with zero attached hydrogens (tertiary/aromatic N) is 1. The molecule has 0 aliphatic heterocycles. The monoisotopic (exact) mass is 272 g/mol. The molecule has 0 radical (unpaired) electrons. The van der Waals surface area contributed by atoms with E-state index in [1.165, 1.54) is 0 Å². The van der Waals surface area contributed by atoms with E-state index in [-0.39, 0.29) is 5.91 Å². The van der Waals surface area contributed by atoms with Crippen molar-refractivity contribution in [2.45, 2.75) is 20.4 Å². The van der Waals surface area contributed by atoms with E-state index < -0.39 is 0 Å². The molecule has 0 fully saturated rings. The van der Waals surface area contributed by atoms with E-state index >= 15 is 0 Å². The molecule has 1 aromatic heterocycles. The van der Waals surface area contributed by atoms with Gasteiger partial charge in [0.2, 0.25) is 0 Å². The second-order valence-corrected chi connectivity index (χ2v) is 5.11. The van der Waals surface area contributed by atoms with Gasteiger partial charge < -0.3 is 14.6 Å². The zero-order chi connectivity index (χ0) is 14.7. The number of nitrogens with one attached hydrogen (secondary N) is 1. The fraction of sp³-hybridized carbons (Fsp3) is 0.312. The van der Waals surface area contributed by atoms with Crippen LogP contribution >= 0.6 is 0 Å². The molecule has 0 aliphatic rings. The Bertz CT molecular complexity index is 615. The summed E-state index contributed by atoms with van der Waals surface area (Å²) < 4.78 is 5.40. The highest BCUT2D eigenvalue weighted by atomic mass is 16.3.